The molecule has 0 unspecified atom stereocenters. The topological polar surface area (TPSA) is 62.3 Å². The highest BCUT2D eigenvalue weighted by Crippen LogP contribution is 2.40. The number of aromatic nitrogens is 1. The first-order chi connectivity index (χ1) is 11.7. The lowest BCUT2D eigenvalue weighted by molar-refractivity contribution is -0.137. The van der Waals surface area contributed by atoms with Crippen molar-refractivity contribution in [1.29, 1.82) is 0 Å². The van der Waals surface area contributed by atoms with Crippen molar-refractivity contribution < 1.29 is 9.59 Å². The minimum atomic E-state index is -0.270. The molecule has 24 heavy (non-hydrogen) atoms. The molecule has 1 N–H and O–H groups in total. The highest BCUT2D eigenvalue weighted by atomic mass is 32.1. The molecule has 6 heteroatoms. The zero-order valence-corrected chi connectivity index (χ0v) is 14.8. The largest absolute Gasteiger partial charge is 0.344 e. The van der Waals surface area contributed by atoms with E-state index >= 15 is 0 Å². The first-order valence-corrected chi connectivity index (χ1v) is 10.1. The van der Waals surface area contributed by atoms with Gasteiger partial charge in [0.15, 0.2) is 0 Å². The Labute approximate surface area is 146 Å². The van der Waals surface area contributed by atoms with E-state index in [4.69, 9.17) is 0 Å². The third kappa shape index (κ3) is 3.08. The van der Waals surface area contributed by atoms with E-state index in [2.05, 4.69) is 10.3 Å². The van der Waals surface area contributed by atoms with Crippen molar-refractivity contribution in [2.75, 3.05) is 13.1 Å². The lowest BCUT2D eigenvalue weighted by Gasteiger charge is -2.35. The maximum absolute atomic E-state index is 12.9. The van der Waals surface area contributed by atoms with Gasteiger partial charge in [0.05, 0.1) is 11.5 Å². The molecule has 1 aliphatic heterocycles. The van der Waals surface area contributed by atoms with Crippen molar-refractivity contribution in [2.45, 2.75) is 56.9 Å². The number of likely N-dealkylation sites (tertiary alicyclic amines) is 1. The van der Waals surface area contributed by atoms with Gasteiger partial charge in [-0.1, -0.05) is 12.8 Å². The van der Waals surface area contributed by atoms with Gasteiger partial charge in [-0.15, -0.1) is 11.3 Å². The second-order valence-electron chi connectivity index (χ2n) is 7.51. The molecular weight excluding hydrogens is 322 g/mol. The Bertz CT molecular complexity index is 606. The van der Waals surface area contributed by atoms with Gasteiger partial charge in [-0.3, -0.25) is 9.59 Å². The molecule has 5 nitrogen and oxygen atoms in total. The zero-order valence-electron chi connectivity index (χ0n) is 14.0. The number of rotatable bonds is 4. The molecule has 3 fully saturated rings. The fourth-order valence-corrected chi connectivity index (χ4v) is 5.00. The first-order valence-electron chi connectivity index (χ1n) is 9.19. The van der Waals surface area contributed by atoms with Crippen LogP contribution in [0.3, 0.4) is 0 Å². The summed E-state index contributed by atoms with van der Waals surface area (Å²) in [6.45, 7) is 1.41. The number of nitrogens with one attached hydrogen (secondary N) is 1. The molecular formula is C18H25N3O2S. The number of carbonyl (C=O) groups excluding carboxylic acids is 2. The monoisotopic (exact) mass is 347 g/mol. The number of carbonyl (C=O) groups is 2. The maximum atomic E-state index is 12.9. The summed E-state index contributed by atoms with van der Waals surface area (Å²) in [5.41, 5.74) is -0.270. The van der Waals surface area contributed by atoms with Crippen molar-refractivity contribution in [3.8, 4) is 0 Å². The maximum Gasteiger partial charge on any atom is 0.225 e. The van der Waals surface area contributed by atoms with Crippen molar-refractivity contribution in [3.05, 3.63) is 16.6 Å². The summed E-state index contributed by atoms with van der Waals surface area (Å²) >= 11 is 1.63. The Kier molecular flexibility index (Phi) is 4.33. The molecule has 1 saturated heterocycles. The van der Waals surface area contributed by atoms with Gasteiger partial charge in [-0.25, -0.2) is 4.98 Å². The van der Waals surface area contributed by atoms with Crippen molar-refractivity contribution in [3.63, 3.8) is 0 Å². The fraction of sp³-hybridized carbons (Fsp3) is 0.722. The van der Waals surface area contributed by atoms with E-state index in [0.717, 1.165) is 62.9 Å². The SMILES string of the molecule is O=C(NC1(c2nccs2)CCCC1)[C@@H]1CCCN(C(=O)C2CC2)C1. The summed E-state index contributed by atoms with van der Waals surface area (Å²) < 4.78 is 0. The summed E-state index contributed by atoms with van der Waals surface area (Å²) in [6.07, 6.45) is 9.91. The molecule has 4 rings (SSSR count). The van der Waals surface area contributed by atoms with Gasteiger partial charge in [-0.05, 0) is 38.5 Å². The molecule has 2 amide bonds. The third-order valence-corrected chi connectivity index (χ3v) is 6.67. The number of hydrogen-bond donors (Lipinski definition) is 1. The molecule has 3 aliphatic rings. The minimum absolute atomic E-state index is 0.0705. The molecule has 0 aromatic carbocycles. The van der Waals surface area contributed by atoms with Crippen molar-refractivity contribution in [1.82, 2.24) is 15.2 Å². The van der Waals surface area contributed by atoms with Crippen LogP contribution in [-0.4, -0.2) is 34.8 Å². The third-order valence-electron chi connectivity index (χ3n) is 5.69. The van der Waals surface area contributed by atoms with Gasteiger partial charge in [-0.2, -0.15) is 0 Å². The summed E-state index contributed by atoms with van der Waals surface area (Å²) in [5, 5.41) is 6.36. The number of hydrogen-bond acceptors (Lipinski definition) is 4. The Balaban J connectivity index is 1.44. The standard InChI is InChI=1S/C18H25N3O2S/c22-15(14-4-3-10-21(12-14)16(23)13-5-6-13)20-18(7-1-2-8-18)17-19-9-11-24-17/h9,11,13-14H,1-8,10,12H2,(H,20,22)/t14-/m1/s1. The van der Waals surface area contributed by atoms with E-state index in [1.54, 1.807) is 11.3 Å². The average Bonchev–Trinajstić information content (AvgIpc) is 3.10. The van der Waals surface area contributed by atoms with Crippen LogP contribution in [0.1, 0.15) is 56.4 Å². The van der Waals surface area contributed by atoms with Crippen LogP contribution in [0.4, 0.5) is 0 Å². The zero-order chi connectivity index (χ0) is 16.6. The summed E-state index contributed by atoms with van der Waals surface area (Å²) in [7, 11) is 0. The second kappa shape index (κ2) is 6.47. The molecule has 0 bridgehead atoms. The summed E-state index contributed by atoms with van der Waals surface area (Å²) in [5.74, 6) is 0.547. The first kappa shape index (κ1) is 16.1. The predicted molar refractivity (Wildman–Crippen MR) is 92.4 cm³/mol. The molecule has 2 saturated carbocycles. The van der Waals surface area contributed by atoms with Crippen molar-refractivity contribution in [2.24, 2.45) is 11.8 Å². The van der Waals surface area contributed by atoms with Gasteiger partial charge in [0.2, 0.25) is 11.8 Å². The quantitative estimate of drug-likeness (QED) is 0.911. The molecule has 2 heterocycles. The molecule has 1 aromatic heterocycles. The van der Waals surface area contributed by atoms with Crippen LogP contribution < -0.4 is 5.32 Å². The summed E-state index contributed by atoms with van der Waals surface area (Å²) in [6, 6.07) is 0. The van der Waals surface area contributed by atoms with Crippen molar-refractivity contribution >= 4 is 23.2 Å². The van der Waals surface area contributed by atoms with E-state index in [-0.39, 0.29) is 29.2 Å². The van der Waals surface area contributed by atoms with Crippen LogP contribution in [-0.2, 0) is 15.1 Å². The van der Waals surface area contributed by atoms with Crippen LogP contribution in [0.25, 0.3) is 0 Å². The number of thiazole rings is 1. The minimum Gasteiger partial charge on any atom is -0.344 e. The number of piperidine rings is 1. The van der Waals surface area contributed by atoms with Crippen LogP contribution in [0.2, 0.25) is 0 Å². The molecule has 1 aromatic rings. The van der Waals surface area contributed by atoms with E-state index in [1.165, 1.54) is 0 Å². The van der Waals surface area contributed by atoms with Gasteiger partial charge in [0.25, 0.3) is 0 Å². The van der Waals surface area contributed by atoms with E-state index in [9.17, 15) is 9.59 Å². The molecule has 0 spiro atoms. The smallest absolute Gasteiger partial charge is 0.225 e. The fourth-order valence-electron chi connectivity index (χ4n) is 4.15. The molecule has 1 atom stereocenters. The lowest BCUT2D eigenvalue weighted by Crippen LogP contribution is -2.51. The Morgan fingerprint density at radius 3 is 2.62 bits per heavy atom. The second-order valence-corrected chi connectivity index (χ2v) is 8.41. The van der Waals surface area contributed by atoms with E-state index < -0.39 is 0 Å². The van der Waals surface area contributed by atoms with Gasteiger partial charge in [0.1, 0.15) is 5.01 Å². The molecule has 2 aliphatic carbocycles. The average molecular weight is 347 g/mol. The Hall–Kier alpha value is -1.43. The molecule has 0 radical (unpaired) electrons. The normalized spacial score (nSPS) is 26.3. The number of amides is 2. The van der Waals surface area contributed by atoms with Gasteiger partial charge >= 0.3 is 0 Å². The van der Waals surface area contributed by atoms with Crippen LogP contribution in [0.5, 0.6) is 0 Å². The van der Waals surface area contributed by atoms with Crippen LogP contribution in [0.15, 0.2) is 11.6 Å². The van der Waals surface area contributed by atoms with Crippen LogP contribution >= 0.6 is 11.3 Å². The lowest BCUT2D eigenvalue weighted by atomic mass is 9.93. The molecule has 130 valence electrons. The predicted octanol–water partition coefficient (Wildman–Crippen LogP) is 2.68. The van der Waals surface area contributed by atoms with E-state index in [0.29, 0.717) is 6.54 Å². The highest BCUT2D eigenvalue weighted by Gasteiger charge is 2.42. The number of nitrogens with zero attached hydrogens (tertiary/aromatic N) is 2. The van der Waals surface area contributed by atoms with Crippen LogP contribution in [0, 0.1) is 11.8 Å². The van der Waals surface area contributed by atoms with E-state index in [1.807, 2.05) is 16.5 Å². The Morgan fingerprint density at radius 2 is 1.96 bits per heavy atom. The highest BCUT2D eigenvalue weighted by molar-refractivity contribution is 7.09. The Morgan fingerprint density at radius 1 is 1.17 bits per heavy atom. The van der Waals surface area contributed by atoms with Gasteiger partial charge in [0, 0.05) is 30.6 Å². The van der Waals surface area contributed by atoms with Gasteiger partial charge < -0.3 is 10.2 Å². The summed E-state index contributed by atoms with van der Waals surface area (Å²) in [4.78, 5) is 31.7.